The van der Waals surface area contributed by atoms with Gasteiger partial charge in [0.15, 0.2) is 11.8 Å². The van der Waals surface area contributed by atoms with E-state index in [1.165, 1.54) is 11.1 Å². The van der Waals surface area contributed by atoms with Gasteiger partial charge >= 0.3 is 0 Å². The number of aromatic nitrogens is 3. The molecule has 3 aromatic rings. The van der Waals surface area contributed by atoms with E-state index in [1.807, 2.05) is 36.7 Å². The Kier molecular flexibility index (Phi) is 7.82. The second-order valence-electron chi connectivity index (χ2n) is 7.93. The minimum absolute atomic E-state index is 0.0534. The zero-order valence-electron chi connectivity index (χ0n) is 19.1. The predicted molar refractivity (Wildman–Crippen MR) is 127 cm³/mol. The van der Waals surface area contributed by atoms with Gasteiger partial charge in [0.25, 0.3) is 0 Å². The summed E-state index contributed by atoms with van der Waals surface area (Å²) in [6, 6.07) is 21.1. The number of benzene rings is 2. The van der Waals surface area contributed by atoms with Crippen molar-refractivity contribution < 1.29 is 0 Å². The summed E-state index contributed by atoms with van der Waals surface area (Å²) in [6.07, 6.45) is 2.10. The van der Waals surface area contributed by atoms with E-state index >= 15 is 0 Å². The van der Waals surface area contributed by atoms with E-state index in [0.29, 0.717) is 13.1 Å². The minimum atomic E-state index is 0.0534. The summed E-state index contributed by atoms with van der Waals surface area (Å²) in [5.74, 6) is 2.56. The smallest absolute Gasteiger partial charge is 0.192 e. The number of aryl methyl sites for hydroxylation is 1. The van der Waals surface area contributed by atoms with Crippen LogP contribution < -0.4 is 10.6 Å². The molecule has 0 saturated carbocycles. The second kappa shape index (κ2) is 10.8. The first kappa shape index (κ1) is 22.5. The van der Waals surface area contributed by atoms with Gasteiger partial charge in [0, 0.05) is 19.0 Å². The van der Waals surface area contributed by atoms with Crippen LogP contribution in [0.3, 0.4) is 0 Å². The molecule has 31 heavy (non-hydrogen) atoms. The van der Waals surface area contributed by atoms with Gasteiger partial charge in [-0.2, -0.15) is 0 Å². The second-order valence-corrected chi connectivity index (χ2v) is 7.93. The van der Waals surface area contributed by atoms with Gasteiger partial charge in [-0.3, -0.25) is 0 Å². The molecule has 2 N–H and O–H groups in total. The average Bonchev–Trinajstić information content (AvgIpc) is 3.14. The van der Waals surface area contributed by atoms with Gasteiger partial charge in [0.05, 0.1) is 13.1 Å². The third kappa shape index (κ3) is 5.72. The van der Waals surface area contributed by atoms with Gasteiger partial charge in [-0.1, -0.05) is 74.5 Å². The molecule has 164 valence electrons. The summed E-state index contributed by atoms with van der Waals surface area (Å²) in [4.78, 5) is 4.85. The number of hydrogen-bond acceptors (Lipinski definition) is 3. The molecular weight excluding hydrogens is 384 g/mol. The van der Waals surface area contributed by atoms with E-state index in [-0.39, 0.29) is 5.41 Å². The quantitative estimate of drug-likeness (QED) is 0.405. The first-order valence-electron chi connectivity index (χ1n) is 11.0. The number of rotatable bonds is 9. The van der Waals surface area contributed by atoms with Crippen molar-refractivity contribution in [2.75, 3.05) is 6.54 Å². The maximum Gasteiger partial charge on any atom is 0.192 e. The van der Waals surface area contributed by atoms with Crippen molar-refractivity contribution in [3.63, 3.8) is 0 Å². The molecule has 0 saturated heterocycles. The molecule has 2 aromatic carbocycles. The maximum absolute atomic E-state index is 4.85. The van der Waals surface area contributed by atoms with Crippen LogP contribution in [0.15, 0.2) is 65.7 Å². The average molecular weight is 419 g/mol. The number of nitrogens with zero attached hydrogens (tertiary/aromatic N) is 4. The molecule has 0 aliphatic carbocycles. The largest absolute Gasteiger partial charge is 0.355 e. The van der Waals surface area contributed by atoms with Crippen LogP contribution in [0, 0.1) is 6.92 Å². The molecule has 6 nitrogen and oxygen atoms in total. The molecule has 0 unspecified atom stereocenters. The van der Waals surface area contributed by atoms with Crippen LogP contribution in [-0.4, -0.2) is 27.3 Å². The van der Waals surface area contributed by atoms with Gasteiger partial charge in [0.1, 0.15) is 5.82 Å². The van der Waals surface area contributed by atoms with Crippen molar-refractivity contribution >= 4 is 5.96 Å². The Balaban J connectivity index is 1.76. The summed E-state index contributed by atoms with van der Waals surface area (Å²) in [5, 5.41) is 15.5. The van der Waals surface area contributed by atoms with Crippen LogP contribution in [0.25, 0.3) is 0 Å². The Morgan fingerprint density at radius 3 is 2.16 bits per heavy atom. The molecule has 1 aromatic heterocycles. The summed E-state index contributed by atoms with van der Waals surface area (Å²) < 4.78 is 1.99. The molecular formula is C25H34N6. The van der Waals surface area contributed by atoms with Crippen LogP contribution >= 0.6 is 0 Å². The van der Waals surface area contributed by atoms with E-state index in [0.717, 1.165) is 37.0 Å². The third-order valence-corrected chi connectivity index (χ3v) is 6.19. The lowest BCUT2D eigenvalue weighted by atomic mass is 9.76. The van der Waals surface area contributed by atoms with Crippen molar-refractivity contribution in [1.29, 1.82) is 0 Å². The lowest BCUT2D eigenvalue weighted by Crippen LogP contribution is -2.45. The Hall–Kier alpha value is -3.15. The lowest BCUT2D eigenvalue weighted by molar-refractivity contribution is 0.389. The summed E-state index contributed by atoms with van der Waals surface area (Å²) in [7, 11) is 1.98. The van der Waals surface area contributed by atoms with Crippen LogP contribution in [0.5, 0.6) is 0 Å². The van der Waals surface area contributed by atoms with E-state index < -0.39 is 0 Å². The van der Waals surface area contributed by atoms with Crippen molar-refractivity contribution in [3.8, 4) is 0 Å². The SMILES string of the molecule is CCC(CC)(CNC(=NCc1ccccc1)NCc1nnc(C)n1C)c1ccccc1. The summed E-state index contributed by atoms with van der Waals surface area (Å²) in [5.41, 5.74) is 2.59. The van der Waals surface area contributed by atoms with Gasteiger partial charge < -0.3 is 15.2 Å². The van der Waals surface area contributed by atoms with Gasteiger partial charge in [-0.15, -0.1) is 10.2 Å². The van der Waals surface area contributed by atoms with Crippen LogP contribution in [0.2, 0.25) is 0 Å². The number of aliphatic imine (C=N–C) groups is 1. The standard InChI is InChI=1S/C25H34N6/c1-5-25(6-2,22-15-11-8-12-16-22)19-28-24(26-17-21-13-9-7-10-14-21)27-18-23-30-29-20(3)31(23)4/h7-16H,5-6,17-19H2,1-4H3,(H2,26,27,28). The molecule has 3 rings (SSSR count). The van der Waals surface area contributed by atoms with Crippen molar-refractivity contribution in [2.45, 2.75) is 52.1 Å². The van der Waals surface area contributed by atoms with E-state index in [9.17, 15) is 0 Å². The van der Waals surface area contributed by atoms with Crippen molar-refractivity contribution in [2.24, 2.45) is 12.0 Å². The highest BCUT2D eigenvalue weighted by Gasteiger charge is 2.28. The van der Waals surface area contributed by atoms with E-state index in [1.54, 1.807) is 0 Å². The highest BCUT2D eigenvalue weighted by atomic mass is 15.3. The molecule has 0 aliphatic rings. The van der Waals surface area contributed by atoms with Gasteiger partial charge in [-0.05, 0) is 30.9 Å². The summed E-state index contributed by atoms with van der Waals surface area (Å²) in [6.45, 7) is 8.46. The lowest BCUT2D eigenvalue weighted by Gasteiger charge is -2.33. The zero-order chi connectivity index (χ0) is 22.1. The molecule has 0 radical (unpaired) electrons. The van der Waals surface area contributed by atoms with Crippen molar-refractivity contribution in [1.82, 2.24) is 25.4 Å². The van der Waals surface area contributed by atoms with E-state index in [4.69, 9.17) is 4.99 Å². The highest BCUT2D eigenvalue weighted by molar-refractivity contribution is 5.79. The van der Waals surface area contributed by atoms with Gasteiger partial charge in [0.2, 0.25) is 0 Å². The normalized spacial score (nSPS) is 12.1. The molecule has 0 spiro atoms. The highest BCUT2D eigenvalue weighted by Crippen LogP contribution is 2.30. The molecule has 0 amide bonds. The minimum Gasteiger partial charge on any atom is -0.355 e. The number of nitrogens with one attached hydrogen (secondary N) is 2. The first-order chi connectivity index (χ1) is 15.1. The molecule has 0 aliphatic heterocycles. The Bertz CT molecular complexity index is 958. The Morgan fingerprint density at radius 2 is 1.58 bits per heavy atom. The predicted octanol–water partition coefficient (Wildman–Crippen LogP) is 4.12. The monoisotopic (exact) mass is 418 g/mol. The maximum atomic E-state index is 4.85. The fraction of sp³-hybridized carbons (Fsp3) is 0.400. The molecule has 6 heteroatoms. The Morgan fingerprint density at radius 1 is 0.935 bits per heavy atom. The molecule has 0 atom stereocenters. The first-order valence-corrected chi connectivity index (χ1v) is 11.0. The Labute approximate surface area is 185 Å². The number of hydrogen-bond donors (Lipinski definition) is 2. The van der Waals surface area contributed by atoms with Crippen molar-refractivity contribution in [3.05, 3.63) is 83.4 Å². The number of guanidine groups is 1. The van der Waals surface area contributed by atoms with Crippen LogP contribution in [-0.2, 0) is 25.6 Å². The van der Waals surface area contributed by atoms with Crippen LogP contribution in [0.1, 0.15) is 49.5 Å². The molecule has 0 bridgehead atoms. The molecule has 1 heterocycles. The molecule has 0 fully saturated rings. The van der Waals surface area contributed by atoms with Gasteiger partial charge in [-0.25, -0.2) is 4.99 Å². The van der Waals surface area contributed by atoms with E-state index in [2.05, 4.69) is 77.1 Å². The fourth-order valence-corrected chi connectivity index (χ4v) is 3.75. The van der Waals surface area contributed by atoms with Crippen LogP contribution in [0.4, 0.5) is 0 Å². The summed E-state index contributed by atoms with van der Waals surface area (Å²) >= 11 is 0. The topological polar surface area (TPSA) is 67.1 Å². The third-order valence-electron chi connectivity index (χ3n) is 6.19. The zero-order valence-corrected chi connectivity index (χ0v) is 19.1. The fourth-order valence-electron chi connectivity index (χ4n) is 3.75.